The molecule has 0 spiro atoms. The fourth-order valence-electron chi connectivity index (χ4n) is 1.11. The van der Waals surface area contributed by atoms with Gasteiger partial charge in [0.15, 0.2) is 0 Å². The van der Waals surface area contributed by atoms with Gasteiger partial charge in [-0.15, -0.1) is 0 Å². The van der Waals surface area contributed by atoms with Gasteiger partial charge in [0.1, 0.15) is 6.10 Å². The number of ether oxygens (including phenoxy) is 1. The Balaban J connectivity index is 2.13. The molecule has 1 heterocycles. The van der Waals surface area contributed by atoms with Crippen molar-refractivity contribution in [2.45, 2.75) is 32.3 Å². The minimum absolute atomic E-state index is 0.0130. The van der Waals surface area contributed by atoms with E-state index in [0.717, 1.165) is 19.3 Å². The SMILES string of the molecule is CC/C=C/CCC1C=CC(=O)O1. The molecule has 1 atom stereocenters. The van der Waals surface area contributed by atoms with Crippen molar-refractivity contribution in [1.82, 2.24) is 0 Å². The number of cyclic esters (lactones) is 1. The minimum atomic E-state index is -0.209. The molecule has 0 aromatic carbocycles. The molecular formula is C10H14O2. The van der Waals surface area contributed by atoms with Crippen molar-refractivity contribution in [2.75, 3.05) is 0 Å². The van der Waals surface area contributed by atoms with Crippen LogP contribution in [0.4, 0.5) is 0 Å². The lowest BCUT2D eigenvalue weighted by Crippen LogP contribution is -2.06. The number of hydrogen-bond acceptors (Lipinski definition) is 2. The predicted molar refractivity (Wildman–Crippen MR) is 47.7 cm³/mol. The molecule has 0 bridgehead atoms. The topological polar surface area (TPSA) is 26.3 Å². The van der Waals surface area contributed by atoms with Crippen LogP contribution in [0.5, 0.6) is 0 Å². The Morgan fingerprint density at radius 2 is 2.42 bits per heavy atom. The van der Waals surface area contributed by atoms with Crippen molar-refractivity contribution in [3.8, 4) is 0 Å². The fraction of sp³-hybridized carbons (Fsp3) is 0.500. The monoisotopic (exact) mass is 166 g/mol. The highest BCUT2D eigenvalue weighted by molar-refractivity contribution is 5.84. The second-order valence-electron chi connectivity index (χ2n) is 2.79. The Kier molecular flexibility index (Phi) is 3.58. The van der Waals surface area contributed by atoms with Gasteiger partial charge in [0, 0.05) is 6.08 Å². The summed E-state index contributed by atoms with van der Waals surface area (Å²) in [6.07, 6.45) is 10.5. The van der Waals surface area contributed by atoms with E-state index >= 15 is 0 Å². The quantitative estimate of drug-likeness (QED) is 0.473. The highest BCUT2D eigenvalue weighted by atomic mass is 16.5. The number of allylic oxidation sites excluding steroid dienone is 2. The first kappa shape index (κ1) is 9.04. The summed E-state index contributed by atoms with van der Waals surface area (Å²) in [6.45, 7) is 2.10. The Bertz CT molecular complexity index is 204. The molecule has 2 nitrogen and oxygen atoms in total. The van der Waals surface area contributed by atoms with Crippen LogP contribution in [0, 0.1) is 0 Å². The van der Waals surface area contributed by atoms with Crippen molar-refractivity contribution in [3.05, 3.63) is 24.3 Å². The standard InChI is InChI=1S/C10H14O2/c1-2-3-4-5-6-9-7-8-10(11)12-9/h3-4,7-9H,2,5-6H2,1H3/b4-3+. The van der Waals surface area contributed by atoms with Crippen LogP contribution in [0.15, 0.2) is 24.3 Å². The van der Waals surface area contributed by atoms with E-state index in [-0.39, 0.29) is 12.1 Å². The third-order valence-corrected chi connectivity index (χ3v) is 1.73. The second-order valence-corrected chi connectivity index (χ2v) is 2.79. The molecule has 0 aromatic heterocycles. The number of hydrogen-bond donors (Lipinski definition) is 0. The van der Waals surface area contributed by atoms with E-state index in [2.05, 4.69) is 19.1 Å². The molecule has 0 saturated carbocycles. The van der Waals surface area contributed by atoms with Gasteiger partial charge in [0.25, 0.3) is 0 Å². The van der Waals surface area contributed by atoms with Crippen LogP contribution < -0.4 is 0 Å². The lowest BCUT2D eigenvalue weighted by molar-refractivity contribution is -0.138. The average molecular weight is 166 g/mol. The average Bonchev–Trinajstić information content (AvgIpc) is 2.45. The molecule has 1 rings (SSSR count). The van der Waals surface area contributed by atoms with Gasteiger partial charge in [-0.05, 0) is 25.3 Å². The summed E-state index contributed by atoms with van der Waals surface area (Å²) < 4.78 is 4.96. The molecule has 0 fully saturated rings. The van der Waals surface area contributed by atoms with E-state index in [9.17, 15) is 4.79 Å². The van der Waals surface area contributed by atoms with Gasteiger partial charge >= 0.3 is 5.97 Å². The third-order valence-electron chi connectivity index (χ3n) is 1.73. The summed E-state index contributed by atoms with van der Waals surface area (Å²) in [5, 5.41) is 0. The smallest absolute Gasteiger partial charge is 0.331 e. The Morgan fingerprint density at radius 3 is 3.00 bits per heavy atom. The van der Waals surface area contributed by atoms with Gasteiger partial charge in [-0.2, -0.15) is 0 Å². The highest BCUT2D eigenvalue weighted by Gasteiger charge is 2.14. The summed E-state index contributed by atoms with van der Waals surface area (Å²) in [5.74, 6) is -0.209. The summed E-state index contributed by atoms with van der Waals surface area (Å²) in [5.41, 5.74) is 0. The van der Waals surface area contributed by atoms with Crippen LogP contribution in [0.2, 0.25) is 0 Å². The number of esters is 1. The van der Waals surface area contributed by atoms with Gasteiger partial charge in [-0.25, -0.2) is 4.79 Å². The van der Waals surface area contributed by atoms with E-state index in [1.54, 1.807) is 0 Å². The maximum atomic E-state index is 10.6. The van der Waals surface area contributed by atoms with Gasteiger partial charge in [0.05, 0.1) is 0 Å². The molecule has 1 aliphatic heterocycles. The lowest BCUT2D eigenvalue weighted by Gasteiger charge is -2.04. The van der Waals surface area contributed by atoms with Crippen LogP contribution in [0.1, 0.15) is 26.2 Å². The van der Waals surface area contributed by atoms with E-state index in [1.165, 1.54) is 6.08 Å². The molecule has 1 aliphatic rings. The molecule has 0 aliphatic carbocycles. The minimum Gasteiger partial charge on any atom is -0.455 e. The Hall–Kier alpha value is -1.05. The zero-order valence-corrected chi connectivity index (χ0v) is 7.32. The largest absolute Gasteiger partial charge is 0.455 e. The number of carbonyl (C=O) groups excluding carboxylic acids is 1. The summed E-state index contributed by atoms with van der Waals surface area (Å²) in [4.78, 5) is 10.6. The molecule has 12 heavy (non-hydrogen) atoms. The fourth-order valence-corrected chi connectivity index (χ4v) is 1.11. The van der Waals surface area contributed by atoms with Crippen molar-refractivity contribution >= 4 is 5.97 Å². The van der Waals surface area contributed by atoms with E-state index in [4.69, 9.17) is 4.74 Å². The van der Waals surface area contributed by atoms with Crippen LogP contribution in [0.3, 0.4) is 0 Å². The zero-order chi connectivity index (χ0) is 8.81. The normalized spacial score (nSPS) is 22.1. The molecule has 2 heteroatoms. The maximum absolute atomic E-state index is 10.6. The Labute approximate surface area is 72.9 Å². The third kappa shape index (κ3) is 2.91. The highest BCUT2D eigenvalue weighted by Crippen LogP contribution is 2.11. The molecule has 0 amide bonds. The van der Waals surface area contributed by atoms with E-state index < -0.39 is 0 Å². The van der Waals surface area contributed by atoms with Crippen molar-refractivity contribution in [1.29, 1.82) is 0 Å². The van der Waals surface area contributed by atoms with Crippen LogP contribution in [0.25, 0.3) is 0 Å². The van der Waals surface area contributed by atoms with Crippen LogP contribution in [-0.4, -0.2) is 12.1 Å². The van der Waals surface area contributed by atoms with Gasteiger partial charge < -0.3 is 4.74 Å². The van der Waals surface area contributed by atoms with E-state index in [0.29, 0.717) is 0 Å². The summed E-state index contributed by atoms with van der Waals surface area (Å²) in [6, 6.07) is 0. The summed E-state index contributed by atoms with van der Waals surface area (Å²) >= 11 is 0. The molecule has 1 unspecified atom stereocenters. The molecule has 0 aromatic rings. The van der Waals surface area contributed by atoms with Crippen LogP contribution >= 0.6 is 0 Å². The number of carbonyl (C=O) groups is 1. The second kappa shape index (κ2) is 4.75. The molecule has 66 valence electrons. The first-order valence-electron chi connectivity index (χ1n) is 4.36. The van der Waals surface area contributed by atoms with Gasteiger partial charge in [-0.1, -0.05) is 19.1 Å². The van der Waals surface area contributed by atoms with Crippen molar-refractivity contribution in [3.63, 3.8) is 0 Å². The molecule has 0 saturated heterocycles. The number of rotatable bonds is 4. The predicted octanol–water partition coefficient (Wildman–Crippen LogP) is 2.21. The molecule has 0 radical (unpaired) electrons. The zero-order valence-electron chi connectivity index (χ0n) is 7.32. The first-order valence-corrected chi connectivity index (χ1v) is 4.36. The molecular weight excluding hydrogens is 152 g/mol. The maximum Gasteiger partial charge on any atom is 0.331 e. The molecule has 0 N–H and O–H groups in total. The van der Waals surface area contributed by atoms with Gasteiger partial charge in [0.2, 0.25) is 0 Å². The van der Waals surface area contributed by atoms with Gasteiger partial charge in [-0.3, -0.25) is 0 Å². The van der Waals surface area contributed by atoms with Crippen molar-refractivity contribution < 1.29 is 9.53 Å². The van der Waals surface area contributed by atoms with Crippen LogP contribution in [-0.2, 0) is 9.53 Å². The summed E-state index contributed by atoms with van der Waals surface area (Å²) in [7, 11) is 0. The first-order chi connectivity index (χ1) is 5.83. The Morgan fingerprint density at radius 1 is 1.58 bits per heavy atom. The van der Waals surface area contributed by atoms with Crippen molar-refractivity contribution in [2.24, 2.45) is 0 Å². The van der Waals surface area contributed by atoms with E-state index in [1.807, 2.05) is 6.08 Å². The lowest BCUT2D eigenvalue weighted by atomic mass is 10.2.